The molecule has 74 valence electrons. The molecule has 3 heteroatoms. The topological polar surface area (TPSA) is 26.0 Å². The Morgan fingerprint density at radius 3 is 2.23 bits per heavy atom. The van der Waals surface area contributed by atoms with Crippen LogP contribution in [0.3, 0.4) is 0 Å². The van der Waals surface area contributed by atoms with Gasteiger partial charge in [-0.05, 0) is 32.4 Å². The largest absolute Gasteiger partial charge is 0.322 e. The fourth-order valence-electron chi connectivity index (χ4n) is 1.14. The van der Waals surface area contributed by atoms with Gasteiger partial charge in [-0.3, -0.25) is 0 Å². The molecule has 0 radical (unpaired) electrons. The van der Waals surface area contributed by atoms with Gasteiger partial charge in [-0.15, -0.1) is 12.4 Å². The first-order valence-corrected chi connectivity index (χ1v) is 3.97. The van der Waals surface area contributed by atoms with Gasteiger partial charge in [0.2, 0.25) is 0 Å². The molecule has 0 saturated carbocycles. The summed E-state index contributed by atoms with van der Waals surface area (Å²) in [5, 5.41) is 0. The van der Waals surface area contributed by atoms with Crippen molar-refractivity contribution in [3.05, 3.63) is 35.1 Å². The highest BCUT2D eigenvalue weighted by Crippen LogP contribution is 2.20. The van der Waals surface area contributed by atoms with E-state index in [1.807, 2.05) is 13.0 Å². The Kier molecular flexibility index (Phi) is 3.88. The monoisotopic (exact) mass is 203 g/mol. The van der Waals surface area contributed by atoms with Crippen molar-refractivity contribution in [2.45, 2.75) is 26.3 Å². The minimum Gasteiger partial charge on any atom is -0.322 e. The highest BCUT2D eigenvalue weighted by Gasteiger charge is 2.17. The Labute approximate surface area is 84.5 Å². The minimum atomic E-state index is -0.599. The molecule has 0 bridgehead atoms. The van der Waals surface area contributed by atoms with E-state index in [0.29, 0.717) is 5.56 Å². The third kappa shape index (κ3) is 2.98. The van der Waals surface area contributed by atoms with Crippen LogP contribution in [0, 0.1) is 12.7 Å². The van der Waals surface area contributed by atoms with Gasteiger partial charge in [0.15, 0.2) is 0 Å². The van der Waals surface area contributed by atoms with Gasteiger partial charge in [0.1, 0.15) is 5.82 Å². The zero-order chi connectivity index (χ0) is 9.35. The third-order valence-electron chi connectivity index (χ3n) is 1.82. The van der Waals surface area contributed by atoms with Gasteiger partial charge in [-0.25, -0.2) is 4.39 Å². The molecule has 0 heterocycles. The van der Waals surface area contributed by atoms with Crippen LogP contribution in [-0.4, -0.2) is 0 Å². The zero-order valence-corrected chi connectivity index (χ0v) is 8.91. The average molecular weight is 204 g/mol. The van der Waals surface area contributed by atoms with Crippen LogP contribution in [-0.2, 0) is 5.54 Å². The standard InChI is InChI=1S/C10H14FN.ClH/c1-7-4-5-8(9(11)6-7)10(2,3)12;/h4-6H,12H2,1-3H3;1H. The van der Waals surface area contributed by atoms with E-state index >= 15 is 0 Å². The fraction of sp³-hybridized carbons (Fsp3) is 0.400. The van der Waals surface area contributed by atoms with E-state index in [0.717, 1.165) is 5.56 Å². The Bertz CT molecular complexity index is 291. The Balaban J connectivity index is 0.00000144. The minimum absolute atomic E-state index is 0. The van der Waals surface area contributed by atoms with Crippen molar-refractivity contribution in [3.63, 3.8) is 0 Å². The summed E-state index contributed by atoms with van der Waals surface area (Å²) in [6.45, 7) is 5.44. The van der Waals surface area contributed by atoms with Crippen molar-refractivity contribution in [1.82, 2.24) is 0 Å². The molecule has 0 spiro atoms. The molecule has 13 heavy (non-hydrogen) atoms. The number of rotatable bonds is 1. The molecule has 0 aliphatic rings. The van der Waals surface area contributed by atoms with Gasteiger partial charge >= 0.3 is 0 Å². The van der Waals surface area contributed by atoms with Crippen LogP contribution in [0.15, 0.2) is 18.2 Å². The van der Waals surface area contributed by atoms with E-state index in [-0.39, 0.29) is 18.2 Å². The first kappa shape index (κ1) is 12.4. The van der Waals surface area contributed by atoms with Crippen molar-refractivity contribution in [3.8, 4) is 0 Å². The lowest BCUT2D eigenvalue weighted by Crippen LogP contribution is -2.29. The maximum Gasteiger partial charge on any atom is 0.128 e. The number of hydrogen-bond donors (Lipinski definition) is 1. The van der Waals surface area contributed by atoms with E-state index < -0.39 is 5.54 Å². The summed E-state index contributed by atoms with van der Waals surface area (Å²) < 4.78 is 13.3. The summed E-state index contributed by atoms with van der Waals surface area (Å²) in [6, 6.07) is 5.11. The SMILES string of the molecule is Cc1ccc(C(C)(C)N)c(F)c1.Cl. The normalized spacial score (nSPS) is 10.8. The smallest absolute Gasteiger partial charge is 0.128 e. The predicted octanol–water partition coefficient (Wildman–Crippen LogP) is 2.75. The maximum absolute atomic E-state index is 13.3. The predicted molar refractivity (Wildman–Crippen MR) is 55.6 cm³/mol. The number of halogens is 2. The van der Waals surface area contributed by atoms with Crippen molar-refractivity contribution in [2.75, 3.05) is 0 Å². The summed E-state index contributed by atoms with van der Waals surface area (Å²) in [4.78, 5) is 0. The molecule has 0 aliphatic carbocycles. The van der Waals surface area contributed by atoms with Gasteiger partial charge in [0.05, 0.1) is 0 Å². The molecule has 1 rings (SSSR count). The van der Waals surface area contributed by atoms with E-state index in [9.17, 15) is 4.39 Å². The van der Waals surface area contributed by atoms with Crippen molar-refractivity contribution in [1.29, 1.82) is 0 Å². The third-order valence-corrected chi connectivity index (χ3v) is 1.82. The lowest BCUT2D eigenvalue weighted by Gasteiger charge is -2.19. The molecular weight excluding hydrogens is 189 g/mol. The first-order valence-electron chi connectivity index (χ1n) is 3.97. The number of benzene rings is 1. The second-order valence-corrected chi connectivity index (χ2v) is 3.70. The van der Waals surface area contributed by atoms with Crippen molar-refractivity contribution in [2.24, 2.45) is 5.73 Å². The summed E-state index contributed by atoms with van der Waals surface area (Å²) in [5.41, 5.74) is 6.65. The first-order chi connectivity index (χ1) is 5.41. The Morgan fingerprint density at radius 2 is 1.85 bits per heavy atom. The molecule has 0 atom stereocenters. The molecule has 2 N–H and O–H groups in total. The second kappa shape index (κ2) is 4.07. The summed E-state index contributed by atoms with van der Waals surface area (Å²) in [6.07, 6.45) is 0. The van der Waals surface area contributed by atoms with E-state index in [1.165, 1.54) is 6.07 Å². The van der Waals surface area contributed by atoms with Gasteiger partial charge in [0, 0.05) is 11.1 Å². The molecule has 0 saturated heterocycles. The highest BCUT2D eigenvalue weighted by molar-refractivity contribution is 5.85. The molecule has 1 aromatic carbocycles. The molecule has 1 nitrogen and oxygen atoms in total. The van der Waals surface area contributed by atoms with Gasteiger partial charge in [0.25, 0.3) is 0 Å². The Hall–Kier alpha value is -0.600. The number of hydrogen-bond acceptors (Lipinski definition) is 1. The zero-order valence-electron chi connectivity index (χ0n) is 8.10. The number of nitrogens with two attached hydrogens (primary N) is 1. The molecular formula is C10H15ClFN. The van der Waals surface area contributed by atoms with Gasteiger partial charge < -0.3 is 5.73 Å². The van der Waals surface area contributed by atoms with Crippen LogP contribution in [0.1, 0.15) is 25.0 Å². The molecule has 0 aromatic heterocycles. The number of aryl methyl sites for hydroxylation is 1. The average Bonchev–Trinajstić information content (AvgIpc) is 1.83. The van der Waals surface area contributed by atoms with Crippen molar-refractivity contribution < 1.29 is 4.39 Å². The molecule has 0 aliphatic heterocycles. The van der Waals surface area contributed by atoms with Gasteiger partial charge in [-0.1, -0.05) is 12.1 Å². The molecule has 0 unspecified atom stereocenters. The van der Waals surface area contributed by atoms with Crippen LogP contribution >= 0.6 is 12.4 Å². The van der Waals surface area contributed by atoms with Crippen LogP contribution in [0.5, 0.6) is 0 Å². The lowest BCUT2D eigenvalue weighted by atomic mass is 9.94. The Morgan fingerprint density at radius 1 is 1.31 bits per heavy atom. The van der Waals surface area contributed by atoms with Crippen molar-refractivity contribution >= 4 is 12.4 Å². The maximum atomic E-state index is 13.3. The van der Waals surface area contributed by atoms with Crippen LogP contribution < -0.4 is 5.73 Å². The quantitative estimate of drug-likeness (QED) is 0.747. The fourth-order valence-corrected chi connectivity index (χ4v) is 1.14. The summed E-state index contributed by atoms with van der Waals surface area (Å²) in [7, 11) is 0. The molecule has 1 aromatic rings. The van der Waals surface area contributed by atoms with Crippen LogP contribution in [0.2, 0.25) is 0 Å². The summed E-state index contributed by atoms with van der Waals surface area (Å²) >= 11 is 0. The van der Waals surface area contributed by atoms with E-state index in [2.05, 4.69) is 0 Å². The second-order valence-electron chi connectivity index (χ2n) is 3.70. The van der Waals surface area contributed by atoms with Gasteiger partial charge in [-0.2, -0.15) is 0 Å². The van der Waals surface area contributed by atoms with E-state index in [1.54, 1.807) is 19.9 Å². The van der Waals surface area contributed by atoms with Crippen LogP contribution in [0.4, 0.5) is 4.39 Å². The van der Waals surface area contributed by atoms with E-state index in [4.69, 9.17) is 5.73 Å². The molecule has 0 amide bonds. The lowest BCUT2D eigenvalue weighted by molar-refractivity contribution is 0.501. The summed E-state index contributed by atoms with van der Waals surface area (Å²) in [5.74, 6) is -0.220. The molecule has 0 fully saturated rings. The van der Waals surface area contributed by atoms with Crippen LogP contribution in [0.25, 0.3) is 0 Å². The highest BCUT2D eigenvalue weighted by atomic mass is 35.5.